The van der Waals surface area contributed by atoms with Gasteiger partial charge in [-0.15, -0.1) is 5.10 Å². The summed E-state index contributed by atoms with van der Waals surface area (Å²) in [5.74, 6) is 1.88. The third-order valence-electron chi connectivity index (χ3n) is 7.69. The summed E-state index contributed by atoms with van der Waals surface area (Å²) in [4.78, 5) is 18.6. The van der Waals surface area contributed by atoms with Crippen LogP contribution in [-0.2, 0) is 11.3 Å². The molecule has 0 spiro atoms. The Balaban J connectivity index is 1.50. The molecule has 3 heterocycles. The Hall–Kier alpha value is -2.78. The van der Waals surface area contributed by atoms with E-state index in [1.54, 1.807) is 7.11 Å². The Morgan fingerprint density at radius 1 is 1.17 bits per heavy atom. The zero-order valence-electron chi connectivity index (χ0n) is 21.7. The van der Waals surface area contributed by atoms with Gasteiger partial charge in [0, 0.05) is 31.3 Å². The summed E-state index contributed by atoms with van der Waals surface area (Å²) in [7, 11) is 1.63. The van der Waals surface area contributed by atoms with E-state index in [2.05, 4.69) is 43.9 Å². The lowest BCUT2D eigenvalue weighted by Gasteiger charge is -2.36. The standard InChI is InChI=1S/C27H38N6O3/c1-18(2)25(26-29-30-31-33(26)21-8-5-4-6-9-21)32(17-23-10-7-13-36-23)16-20-14-19-11-12-22(35-3)15-24(19)28-27(20)34/h11-12,14-15,18,21,23,25H,4-10,13,16-17H2,1-3H3,(H,28,34)/t23-,25+/m0/s1. The summed E-state index contributed by atoms with van der Waals surface area (Å²) in [5.41, 5.74) is 1.42. The number of hydrogen-bond acceptors (Lipinski definition) is 7. The first-order chi connectivity index (χ1) is 17.5. The van der Waals surface area contributed by atoms with Crippen LogP contribution in [0, 0.1) is 5.92 Å². The molecule has 2 fully saturated rings. The third kappa shape index (κ3) is 5.32. The van der Waals surface area contributed by atoms with E-state index in [1.165, 1.54) is 19.3 Å². The van der Waals surface area contributed by atoms with Gasteiger partial charge in [0.1, 0.15) is 5.75 Å². The lowest BCUT2D eigenvalue weighted by molar-refractivity contribution is 0.0375. The Morgan fingerprint density at radius 2 is 2.00 bits per heavy atom. The minimum atomic E-state index is -0.0810. The predicted octanol–water partition coefficient (Wildman–Crippen LogP) is 4.41. The predicted molar refractivity (Wildman–Crippen MR) is 138 cm³/mol. The minimum Gasteiger partial charge on any atom is -0.497 e. The molecular weight excluding hydrogens is 456 g/mol. The molecule has 2 atom stereocenters. The fourth-order valence-corrected chi connectivity index (χ4v) is 5.88. The van der Waals surface area contributed by atoms with Crippen LogP contribution in [0.5, 0.6) is 5.75 Å². The Labute approximate surface area is 212 Å². The molecule has 1 saturated heterocycles. The summed E-state index contributed by atoms with van der Waals surface area (Å²) in [5, 5.41) is 14.1. The quantitative estimate of drug-likeness (QED) is 0.471. The second-order valence-electron chi connectivity index (χ2n) is 10.6. The number of hydrogen-bond donors (Lipinski definition) is 1. The molecule has 2 aliphatic rings. The number of nitrogens with one attached hydrogen (secondary N) is 1. The lowest BCUT2D eigenvalue weighted by Crippen LogP contribution is -2.40. The highest BCUT2D eigenvalue weighted by atomic mass is 16.5. The molecule has 36 heavy (non-hydrogen) atoms. The number of aromatic amines is 1. The van der Waals surface area contributed by atoms with Crippen LogP contribution in [-0.4, -0.2) is 56.5 Å². The highest BCUT2D eigenvalue weighted by Gasteiger charge is 2.34. The van der Waals surface area contributed by atoms with Crippen molar-refractivity contribution in [1.29, 1.82) is 0 Å². The summed E-state index contributed by atoms with van der Waals surface area (Å²) in [6.45, 7) is 6.45. The molecule has 1 aromatic carbocycles. The van der Waals surface area contributed by atoms with Crippen molar-refractivity contribution in [3.8, 4) is 5.75 Å². The van der Waals surface area contributed by atoms with E-state index in [0.29, 0.717) is 12.6 Å². The summed E-state index contributed by atoms with van der Waals surface area (Å²) >= 11 is 0. The van der Waals surface area contributed by atoms with Crippen LogP contribution in [0.25, 0.3) is 10.9 Å². The summed E-state index contributed by atoms with van der Waals surface area (Å²) < 4.78 is 13.4. The SMILES string of the molecule is COc1ccc2cc(CN(C[C@@H]3CCCO3)[C@@H](c3nnnn3C3CCCCC3)C(C)C)c(=O)[nH]c2c1. The largest absolute Gasteiger partial charge is 0.497 e. The number of aromatic nitrogens is 5. The lowest BCUT2D eigenvalue weighted by atomic mass is 9.94. The van der Waals surface area contributed by atoms with Crippen molar-refractivity contribution in [2.75, 3.05) is 20.3 Å². The molecule has 0 radical (unpaired) electrons. The van der Waals surface area contributed by atoms with Crippen molar-refractivity contribution in [2.45, 2.75) is 83.5 Å². The molecule has 0 unspecified atom stereocenters. The topological polar surface area (TPSA) is 98.2 Å². The molecule has 9 heteroatoms. The summed E-state index contributed by atoms with van der Waals surface area (Å²) in [6, 6.07) is 8.08. The maximum Gasteiger partial charge on any atom is 0.252 e. The molecule has 2 aromatic heterocycles. The van der Waals surface area contributed by atoms with Gasteiger partial charge >= 0.3 is 0 Å². The van der Waals surface area contributed by atoms with Crippen LogP contribution in [0.15, 0.2) is 29.1 Å². The van der Waals surface area contributed by atoms with Gasteiger partial charge in [-0.2, -0.15) is 0 Å². The van der Waals surface area contributed by atoms with Crippen molar-refractivity contribution in [2.24, 2.45) is 5.92 Å². The van der Waals surface area contributed by atoms with Gasteiger partial charge in [-0.1, -0.05) is 33.1 Å². The molecule has 9 nitrogen and oxygen atoms in total. The molecule has 0 bridgehead atoms. The number of methoxy groups -OCH3 is 1. The minimum absolute atomic E-state index is 0.0305. The van der Waals surface area contributed by atoms with Crippen molar-refractivity contribution in [1.82, 2.24) is 30.1 Å². The van der Waals surface area contributed by atoms with Crippen LogP contribution in [0.2, 0.25) is 0 Å². The number of rotatable bonds is 9. The molecule has 0 amide bonds. The van der Waals surface area contributed by atoms with Gasteiger partial charge in [0.25, 0.3) is 5.56 Å². The maximum absolute atomic E-state index is 13.2. The van der Waals surface area contributed by atoms with E-state index in [1.807, 2.05) is 24.3 Å². The monoisotopic (exact) mass is 494 g/mol. The van der Waals surface area contributed by atoms with Crippen LogP contribution in [0.1, 0.15) is 82.3 Å². The van der Waals surface area contributed by atoms with E-state index in [0.717, 1.165) is 66.9 Å². The Bertz CT molecular complexity index is 1210. The van der Waals surface area contributed by atoms with Crippen molar-refractivity contribution in [3.63, 3.8) is 0 Å². The van der Waals surface area contributed by atoms with Crippen LogP contribution in [0.3, 0.4) is 0 Å². The van der Waals surface area contributed by atoms with Gasteiger partial charge in [0.15, 0.2) is 5.82 Å². The zero-order chi connectivity index (χ0) is 25.1. The Kier molecular flexibility index (Phi) is 7.67. The summed E-state index contributed by atoms with van der Waals surface area (Å²) in [6.07, 6.45) is 8.19. The second-order valence-corrected chi connectivity index (χ2v) is 10.6. The zero-order valence-corrected chi connectivity index (χ0v) is 21.7. The van der Waals surface area contributed by atoms with E-state index >= 15 is 0 Å². The highest BCUT2D eigenvalue weighted by Crippen LogP contribution is 2.34. The van der Waals surface area contributed by atoms with E-state index in [-0.39, 0.29) is 23.6 Å². The smallest absolute Gasteiger partial charge is 0.252 e. The van der Waals surface area contributed by atoms with Crippen molar-refractivity contribution >= 4 is 10.9 Å². The number of benzene rings is 1. The highest BCUT2D eigenvalue weighted by molar-refractivity contribution is 5.80. The number of H-pyrrole nitrogens is 1. The van der Waals surface area contributed by atoms with Crippen molar-refractivity contribution in [3.05, 3.63) is 46.0 Å². The molecule has 1 saturated carbocycles. The number of fused-ring (bicyclic) bond motifs is 1. The van der Waals surface area contributed by atoms with Gasteiger partial charge < -0.3 is 14.5 Å². The van der Waals surface area contributed by atoms with E-state index in [4.69, 9.17) is 9.47 Å². The van der Waals surface area contributed by atoms with Gasteiger partial charge in [0.2, 0.25) is 0 Å². The molecule has 3 aromatic rings. The number of tetrazole rings is 1. The van der Waals surface area contributed by atoms with Gasteiger partial charge in [0.05, 0.1) is 30.8 Å². The first-order valence-electron chi connectivity index (χ1n) is 13.4. The average molecular weight is 495 g/mol. The maximum atomic E-state index is 13.2. The average Bonchev–Trinajstić information content (AvgIpc) is 3.57. The second kappa shape index (κ2) is 11.1. The van der Waals surface area contributed by atoms with Crippen LogP contribution in [0.4, 0.5) is 0 Å². The van der Waals surface area contributed by atoms with Crippen molar-refractivity contribution < 1.29 is 9.47 Å². The fourth-order valence-electron chi connectivity index (χ4n) is 5.88. The molecular formula is C27H38N6O3. The van der Waals surface area contributed by atoms with Crippen LogP contribution < -0.4 is 10.3 Å². The van der Waals surface area contributed by atoms with Gasteiger partial charge in [-0.25, -0.2) is 4.68 Å². The molecule has 1 N–H and O–H groups in total. The number of pyridine rings is 1. The van der Waals surface area contributed by atoms with Crippen LogP contribution >= 0.6 is 0 Å². The third-order valence-corrected chi connectivity index (χ3v) is 7.69. The molecule has 1 aliphatic carbocycles. The molecule has 5 rings (SSSR count). The van der Waals surface area contributed by atoms with E-state index in [9.17, 15) is 4.79 Å². The van der Waals surface area contributed by atoms with Gasteiger partial charge in [-0.05, 0) is 65.6 Å². The molecule has 194 valence electrons. The number of nitrogens with zero attached hydrogens (tertiary/aromatic N) is 5. The first-order valence-corrected chi connectivity index (χ1v) is 13.4. The first kappa shape index (κ1) is 24.9. The Morgan fingerprint density at radius 3 is 2.72 bits per heavy atom. The van der Waals surface area contributed by atoms with E-state index < -0.39 is 0 Å². The normalized spacial score (nSPS) is 20.0. The number of ether oxygens (including phenoxy) is 2. The fraction of sp³-hybridized carbons (Fsp3) is 0.630. The van der Waals surface area contributed by atoms with Gasteiger partial charge in [-0.3, -0.25) is 9.69 Å². The molecule has 1 aliphatic heterocycles.